The summed E-state index contributed by atoms with van der Waals surface area (Å²) in [5.41, 5.74) is 10.2. The molecule has 0 aliphatic carbocycles. The van der Waals surface area contributed by atoms with Crippen molar-refractivity contribution < 1.29 is 14.3 Å². The Balaban J connectivity index is 1.47. The van der Waals surface area contributed by atoms with E-state index in [4.69, 9.17) is 10.5 Å². The van der Waals surface area contributed by atoms with Gasteiger partial charge in [0.15, 0.2) is 0 Å². The molecule has 4 N–H and O–H groups in total. The maximum Gasteiger partial charge on any atom is 0.226 e. The lowest BCUT2D eigenvalue weighted by Crippen LogP contribution is -2.49. The van der Waals surface area contributed by atoms with Gasteiger partial charge in [0.25, 0.3) is 0 Å². The van der Waals surface area contributed by atoms with Gasteiger partial charge in [-0.2, -0.15) is 0 Å². The smallest absolute Gasteiger partial charge is 0.226 e. The van der Waals surface area contributed by atoms with Crippen molar-refractivity contribution in [3.05, 3.63) is 72.6 Å². The van der Waals surface area contributed by atoms with E-state index in [0.29, 0.717) is 30.2 Å². The minimum atomic E-state index is -0.103. The van der Waals surface area contributed by atoms with Crippen molar-refractivity contribution in [2.75, 3.05) is 55.4 Å². The molecule has 1 aliphatic heterocycles. The number of ether oxygens (including phenoxy) is 1. The highest BCUT2D eigenvalue weighted by atomic mass is 16.5. The molecule has 9 heteroatoms. The summed E-state index contributed by atoms with van der Waals surface area (Å²) in [4.78, 5) is 32.5. The van der Waals surface area contributed by atoms with Crippen LogP contribution in [0.3, 0.4) is 0 Å². The molecule has 38 heavy (non-hydrogen) atoms. The molecular weight excluding hydrogens is 480 g/mol. The minimum Gasteiger partial charge on any atom is -0.398 e. The van der Waals surface area contributed by atoms with Crippen LogP contribution in [0.1, 0.15) is 25.8 Å². The third-order valence-electron chi connectivity index (χ3n) is 6.13. The Bertz CT molecular complexity index is 1150. The number of benzene rings is 2. The average Bonchev–Trinajstić information content (AvgIpc) is 2.92. The Morgan fingerprint density at radius 2 is 1.63 bits per heavy atom. The summed E-state index contributed by atoms with van der Waals surface area (Å²) in [7, 11) is 1.56. The minimum absolute atomic E-state index is 0.0354. The summed E-state index contributed by atoms with van der Waals surface area (Å²) >= 11 is 0. The van der Waals surface area contributed by atoms with Crippen LogP contribution in [0, 0.1) is 5.92 Å². The first-order valence-electron chi connectivity index (χ1n) is 12.8. The number of nitrogens with one attached hydrogen (secondary N) is 2. The van der Waals surface area contributed by atoms with E-state index in [1.807, 2.05) is 43.0 Å². The molecule has 9 nitrogen and oxygen atoms in total. The second kappa shape index (κ2) is 14.0. The summed E-state index contributed by atoms with van der Waals surface area (Å²) in [6, 6.07) is 15.4. The molecular formula is C29H38N6O3. The summed E-state index contributed by atoms with van der Waals surface area (Å²) < 4.78 is 4.91. The molecule has 0 radical (unpaired) electrons. The molecule has 1 saturated heterocycles. The fourth-order valence-electron chi connectivity index (χ4n) is 3.97. The fourth-order valence-corrected chi connectivity index (χ4v) is 3.97. The van der Waals surface area contributed by atoms with Crippen molar-refractivity contribution in [1.82, 2.24) is 4.90 Å². The largest absolute Gasteiger partial charge is 0.398 e. The molecule has 1 fully saturated rings. The van der Waals surface area contributed by atoms with E-state index in [0.717, 1.165) is 43.1 Å². The first kappa shape index (κ1) is 28.5. The van der Waals surface area contributed by atoms with Crippen LogP contribution in [0.5, 0.6) is 0 Å². The number of rotatable bonds is 11. The van der Waals surface area contributed by atoms with Gasteiger partial charge in [-0.1, -0.05) is 32.6 Å². The molecule has 3 rings (SSSR count). The molecule has 2 aromatic carbocycles. The van der Waals surface area contributed by atoms with Gasteiger partial charge in [0.2, 0.25) is 11.8 Å². The SMILES string of the molecule is C=C(/N=C\C=C(/N)c1ccc(NC(=O)CCOC)cc1)Nc1ccc(N2CCN(C(=O)C(C)C)CC2)cc1. The number of aliphatic imine (C=N–C) groups is 1. The summed E-state index contributed by atoms with van der Waals surface area (Å²) in [6.45, 7) is 11.4. The first-order valence-corrected chi connectivity index (χ1v) is 12.8. The van der Waals surface area contributed by atoms with Crippen molar-refractivity contribution in [3.8, 4) is 0 Å². The maximum atomic E-state index is 12.2. The number of amides is 2. The van der Waals surface area contributed by atoms with Gasteiger partial charge >= 0.3 is 0 Å². The molecule has 0 saturated carbocycles. The van der Waals surface area contributed by atoms with Crippen molar-refractivity contribution in [2.24, 2.45) is 16.6 Å². The highest BCUT2D eigenvalue weighted by Gasteiger charge is 2.22. The van der Waals surface area contributed by atoms with Gasteiger partial charge in [-0.25, -0.2) is 4.99 Å². The number of nitrogens with two attached hydrogens (primary N) is 1. The summed E-state index contributed by atoms with van der Waals surface area (Å²) in [6.07, 6.45) is 3.60. The van der Waals surface area contributed by atoms with Gasteiger partial charge in [0, 0.05) is 68.2 Å². The Hall–Kier alpha value is -4.11. The van der Waals surface area contributed by atoms with E-state index in [1.165, 1.54) is 0 Å². The van der Waals surface area contributed by atoms with Crippen molar-refractivity contribution in [1.29, 1.82) is 0 Å². The molecule has 2 amide bonds. The Morgan fingerprint density at radius 1 is 1.03 bits per heavy atom. The van der Waals surface area contributed by atoms with Crippen molar-refractivity contribution in [3.63, 3.8) is 0 Å². The number of nitrogens with zero attached hydrogens (tertiary/aromatic N) is 3. The van der Waals surface area contributed by atoms with Crippen molar-refractivity contribution >= 4 is 40.8 Å². The van der Waals surface area contributed by atoms with Crippen LogP contribution in [-0.4, -0.2) is 62.8 Å². The number of hydrogen-bond acceptors (Lipinski definition) is 7. The average molecular weight is 519 g/mol. The zero-order chi connectivity index (χ0) is 27.5. The highest BCUT2D eigenvalue weighted by molar-refractivity contribution is 5.91. The molecule has 2 aromatic rings. The number of methoxy groups -OCH3 is 1. The van der Waals surface area contributed by atoms with Crippen LogP contribution in [0.25, 0.3) is 5.70 Å². The van der Waals surface area contributed by atoms with E-state index < -0.39 is 0 Å². The van der Waals surface area contributed by atoms with Crippen LogP contribution in [0.2, 0.25) is 0 Å². The Morgan fingerprint density at radius 3 is 2.24 bits per heavy atom. The lowest BCUT2D eigenvalue weighted by molar-refractivity contribution is -0.134. The molecule has 0 unspecified atom stereocenters. The van der Waals surface area contributed by atoms with E-state index in [-0.39, 0.29) is 17.7 Å². The quantitative estimate of drug-likeness (QED) is 0.389. The van der Waals surface area contributed by atoms with Crippen LogP contribution in [-0.2, 0) is 14.3 Å². The maximum absolute atomic E-state index is 12.2. The molecule has 0 spiro atoms. The van der Waals surface area contributed by atoms with E-state index in [9.17, 15) is 9.59 Å². The lowest BCUT2D eigenvalue weighted by atomic mass is 10.1. The van der Waals surface area contributed by atoms with Gasteiger partial charge in [-0.05, 0) is 48.0 Å². The molecule has 1 heterocycles. The number of allylic oxidation sites excluding steroid dienone is 1. The van der Waals surface area contributed by atoms with Crippen LogP contribution in [0.4, 0.5) is 17.1 Å². The summed E-state index contributed by atoms with van der Waals surface area (Å²) in [5, 5.41) is 5.99. The summed E-state index contributed by atoms with van der Waals surface area (Å²) in [5.74, 6) is 0.635. The predicted molar refractivity (Wildman–Crippen MR) is 155 cm³/mol. The molecule has 0 atom stereocenters. The van der Waals surface area contributed by atoms with Crippen LogP contribution in [0.15, 0.2) is 72.0 Å². The van der Waals surface area contributed by atoms with Crippen LogP contribution >= 0.6 is 0 Å². The lowest BCUT2D eigenvalue weighted by Gasteiger charge is -2.37. The first-order chi connectivity index (χ1) is 18.3. The van der Waals surface area contributed by atoms with Gasteiger partial charge < -0.3 is 30.9 Å². The predicted octanol–water partition coefficient (Wildman–Crippen LogP) is 3.92. The van der Waals surface area contributed by atoms with E-state index >= 15 is 0 Å². The highest BCUT2D eigenvalue weighted by Crippen LogP contribution is 2.21. The van der Waals surface area contributed by atoms with E-state index in [1.54, 1.807) is 31.5 Å². The van der Waals surface area contributed by atoms with Gasteiger partial charge in [0.1, 0.15) is 5.82 Å². The topological polar surface area (TPSA) is 112 Å². The van der Waals surface area contributed by atoms with Gasteiger partial charge in [-0.15, -0.1) is 0 Å². The second-order valence-corrected chi connectivity index (χ2v) is 9.35. The van der Waals surface area contributed by atoms with Crippen molar-refractivity contribution in [2.45, 2.75) is 20.3 Å². The molecule has 1 aliphatic rings. The zero-order valence-electron chi connectivity index (χ0n) is 22.4. The number of hydrogen-bond donors (Lipinski definition) is 3. The number of anilines is 3. The molecule has 0 bridgehead atoms. The Kier molecular flexibility index (Phi) is 10.5. The third kappa shape index (κ3) is 8.48. The Labute approximate surface area is 225 Å². The molecule has 202 valence electrons. The number of carbonyl (C=O) groups is 2. The zero-order valence-corrected chi connectivity index (χ0v) is 22.4. The third-order valence-corrected chi connectivity index (χ3v) is 6.13. The fraction of sp³-hybridized carbons (Fsp3) is 0.345. The molecule has 0 aromatic heterocycles. The van der Waals surface area contributed by atoms with Crippen LogP contribution < -0.4 is 21.3 Å². The van der Waals surface area contributed by atoms with E-state index in [2.05, 4.69) is 39.2 Å². The number of piperazine rings is 1. The second-order valence-electron chi connectivity index (χ2n) is 9.35. The standard InChI is InChI=1S/C29H38N6O3/c1-21(2)29(37)35-18-16-34(17-19-35)26-11-9-24(10-12-26)32-22(3)31-15-13-27(30)23-5-7-25(8-6-23)33-28(36)14-20-38-4/h5-13,15,21,32H,3,14,16-20,30H2,1-2,4H3,(H,33,36)/b27-13-,31-15-. The van der Waals surface area contributed by atoms with Gasteiger partial charge in [-0.3, -0.25) is 9.59 Å². The van der Waals surface area contributed by atoms with Gasteiger partial charge in [0.05, 0.1) is 13.0 Å². The number of carbonyl (C=O) groups excluding carboxylic acids is 2. The monoisotopic (exact) mass is 518 g/mol. The normalized spacial score (nSPS) is 14.2.